The molecule has 8 nitrogen and oxygen atoms in total. The van der Waals surface area contributed by atoms with Gasteiger partial charge in [0.1, 0.15) is 23.7 Å². The molecule has 2 unspecified atom stereocenters. The highest BCUT2D eigenvalue weighted by Crippen LogP contribution is 2.38. The average Bonchev–Trinajstić information content (AvgIpc) is 2.51. The van der Waals surface area contributed by atoms with Crippen LogP contribution in [0.25, 0.3) is 0 Å². The molecule has 26 heavy (non-hydrogen) atoms. The van der Waals surface area contributed by atoms with Gasteiger partial charge in [0.2, 0.25) is 0 Å². The minimum atomic E-state index is -3.99. The van der Waals surface area contributed by atoms with E-state index in [9.17, 15) is 27.0 Å². The maximum Gasteiger partial charge on any atom is 0.265 e. The van der Waals surface area contributed by atoms with Crippen LogP contribution in [0.2, 0.25) is 0 Å². The summed E-state index contributed by atoms with van der Waals surface area (Å²) in [5, 5.41) is 18.9. The normalized spacial score (nSPS) is 14.7. The van der Waals surface area contributed by atoms with E-state index in [1.807, 2.05) is 0 Å². The van der Waals surface area contributed by atoms with Crippen LogP contribution in [-0.4, -0.2) is 39.6 Å². The lowest BCUT2D eigenvalue weighted by Gasteiger charge is -2.26. The average molecular weight is 402 g/mol. The molecule has 2 N–H and O–H groups in total. The molecule has 0 aromatic heterocycles. The van der Waals surface area contributed by atoms with Gasteiger partial charge in [-0.2, -0.15) is 16.8 Å². The Bertz CT molecular complexity index is 867. The molecule has 0 aliphatic rings. The van der Waals surface area contributed by atoms with Crippen molar-refractivity contribution >= 4 is 20.2 Å². The summed E-state index contributed by atoms with van der Waals surface area (Å²) in [6, 6.07) is 10.8. The third kappa shape index (κ3) is 5.99. The molecule has 0 aliphatic heterocycles. The highest BCUT2D eigenvalue weighted by atomic mass is 32.2. The number of benzene rings is 2. The monoisotopic (exact) mass is 402 g/mol. The molecular weight excluding hydrogens is 384 g/mol. The summed E-state index contributed by atoms with van der Waals surface area (Å²) >= 11 is 0. The summed E-state index contributed by atoms with van der Waals surface area (Å²) in [5.41, 5.74) is 0.546. The molecule has 0 spiro atoms. The van der Waals surface area contributed by atoms with Crippen LogP contribution in [0, 0.1) is 0 Å². The summed E-state index contributed by atoms with van der Waals surface area (Å²) in [5.74, 6) is -0.117. The smallest absolute Gasteiger partial charge is 0.265 e. The first kappa shape index (κ1) is 20.2. The fourth-order valence-corrected chi connectivity index (χ4v) is 3.44. The summed E-state index contributed by atoms with van der Waals surface area (Å²) in [6.07, 6.45) is -1.03. The summed E-state index contributed by atoms with van der Waals surface area (Å²) in [4.78, 5) is 0. The first-order valence-electron chi connectivity index (χ1n) is 7.29. The Morgan fingerprint density at radius 2 is 0.923 bits per heavy atom. The lowest BCUT2D eigenvalue weighted by atomic mass is 9.98. The zero-order valence-corrected chi connectivity index (χ0v) is 15.6. The van der Waals surface area contributed by atoms with Gasteiger partial charge in [-0.1, -0.05) is 24.3 Å². The molecule has 142 valence electrons. The highest BCUT2D eigenvalue weighted by Gasteiger charge is 2.33. The van der Waals surface area contributed by atoms with E-state index in [2.05, 4.69) is 0 Å². The van der Waals surface area contributed by atoms with Gasteiger partial charge in [0.05, 0.1) is 12.5 Å². The molecule has 0 saturated heterocycles. The maximum atomic E-state index is 11.7. The first-order valence-corrected chi connectivity index (χ1v) is 10.9. The number of hydrogen-bond donors (Lipinski definition) is 2. The van der Waals surface area contributed by atoms with E-state index in [0.29, 0.717) is 0 Å². The quantitative estimate of drug-likeness (QED) is 0.672. The standard InChI is InChI=1S/C16H18O8S2/c1-25(19,20)23-15(11-3-7-13(17)8-4-11)16(24-26(2,21)22)12-5-9-14(18)10-6-12/h3-10,15-18H,1-2H3. The Balaban J connectivity index is 2.59. The molecule has 2 atom stereocenters. The van der Waals surface area contributed by atoms with Crippen LogP contribution < -0.4 is 0 Å². The van der Waals surface area contributed by atoms with Crippen molar-refractivity contribution in [3.63, 3.8) is 0 Å². The van der Waals surface area contributed by atoms with Crippen LogP contribution in [0.4, 0.5) is 0 Å². The first-order chi connectivity index (χ1) is 11.9. The lowest BCUT2D eigenvalue weighted by molar-refractivity contribution is 0.0630. The highest BCUT2D eigenvalue weighted by molar-refractivity contribution is 7.86. The fourth-order valence-electron chi connectivity index (χ4n) is 2.27. The fraction of sp³-hybridized carbons (Fsp3) is 0.250. The molecule has 2 rings (SSSR count). The summed E-state index contributed by atoms with van der Waals surface area (Å²) < 4.78 is 57.1. The molecule has 0 amide bonds. The van der Waals surface area contributed by atoms with E-state index >= 15 is 0 Å². The molecule has 0 fully saturated rings. The Morgan fingerprint density at radius 1 is 0.654 bits per heavy atom. The van der Waals surface area contributed by atoms with Crippen LogP contribution in [0.5, 0.6) is 11.5 Å². The van der Waals surface area contributed by atoms with Crippen molar-refractivity contribution in [1.82, 2.24) is 0 Å². The van der Waals surface area contributed by atoms with Crippen molar-refractivity contribution in [3.05, 3.63) is 59.7 Å². The predicted molar refractivity (Wildman–Crippen MR) is 93.6 cm³/mol. The van der Waals surface area contributed by atoms with Crippen LogP contribution in [0.1, 0.15) is 23.3 Å². The van der Waals surface area contributed by atoms with E-state index in [0.717, 1.165) is 12.5 Å². The van der Waals surface area contributed by atoms with Crippen LogP contribution in [0.15, 0.2) is 48.5 Å². The largest absolute Gasteiger partial charge is 0.508 e. The predicted octanol–water partition coefficient (Wildman–Crippen LogP) is 1.83. The topological polar surface area (TPSA) is 127 Å². The molecular formula is C16H18O8S2. The molecule has 2 aromatic carbocycles. The Hall–Kier alpha value is -2.14. The SMILES string of the molecule is CS(=O)(=O)OC(c1ccc(O)cc1)C(OS(C)(=O)=O)c1ccc(O)cc1. The van der Waals surface area contributed by atoms with Crippen molar-refractivity contribution in [2.75, 3.05) is 12.5 Å². The van der Waals surface area contributed by atoms with Crippen molar-refractivity contribution in [2.45, 2.75) is 12.2 Å². The van der Waals surface area contributed by atoms with Gasteiger partial charge in [0, 0.05) is 0 Å². The van der Waals surface area contributed by atoms with E-state index in [1.165, 1.54) is 48.5 Å². The zero-order valence-electron chi connectivity index (χ0n) is 13.9. The third-order valence-electron chi connectivity index (χ3n) is 3.28. The number of phenolic OH excluding ortho intramolecular Hbond substituents is 2. The van der Waals surface area contributed by atoms with Crippen LogP contribution >= 0.6 is 0 Å². The van der Waals surface area contributed by atoms with Gasteiger partial charge in [-0.3, -0.25) is 8.37 Å². The molecule has 0 aliphatic carbocycles. The minimum Gasteiger partial charge on any atom is -0.508 e. The van der Waals surface area contributed by atoms with Crippen molar-refractivity contribution in [1.29, 1.82) is 0 Å². The zero-order chi connectivity index (χ0) is 19.5. The summed E-state index contributed by atoms with van der Waals surface area (Å²) in [6.45, 7) is 0. The molecule has 0 saturated carbocycles. The van der Waals surface area contributed by atoms with Crippen molar-refractivity contribution in [2.24, 2.45) is 0 Å². The Labute approximate surface area is 151 Å². The van der Waals surface area contributed by atoms with E-state index in [4.69, 9.17) is 8.37 Å². The second-order valence-electron chi connectivity index (χ2n) is 5.62. The number of aromatic hydroxyl groups is 2. The van der Waals surface area contributed by atoms with Crippen molar-refractivity contribution < 1.29 is 35.4 Å². The van der Waals surface area contributed by atoms with Crippen LogP contribution in [0.3, 0.4) is 0 Å². The van der Waals surface area contributed by atoms with Crippen molar-refractivity contribution in [3.8, 4) is 11.5 Å². The lowest BCUT2D eigenvalue weighted by Crippen LogP contribution is -2.22. The van der Waals surface area contributed by atoms with E-state index in [1.54, 1.807) is 0 Å². The van der Waals surface area contributed by atoms with E-state index < -0.39 is 32.4 Å². The molecule has 2 aromatic rings. The summed E-state index contributed by atoms with van der Waals surface area (Å²) in [7, 11) is -7.97. The van der Waals surface area contributed by atoms with Crippen LogP contribution in [-0.2, 0) is 28.6 Å². The van der Waals surface area contributed by atoms with Gasteiger partial charge >= 0.3 is 0 Å². The number of phenols is 2. The van der Waals surface area contributed by atoms with Gasteiger partial charge < -0.3 is 10.2 Å². The Kier molecular flexibility index (Phi) is 5.91. The van der Waals surface area contributed by atoms with Gasteiger partial charge in [0.15, 0.2) is 0 Å². The maximum absolute atomic E-state index is 11.7. The van der Waals surface area contributed by atoms with Gasteiger partial charge in [-0.15, -0.1) is 0 Å². The van der Waals surface area contributed by atoms with Gasteiger partial charge in [-0.05, 0) is 35.4 Å². The Morgan fingerprint density at radius 3 is 1.15 bits per heavy atom. The van der Waals surface area contributed by atoms with Gasteiger partial charge in [-0.25, -0.2) is 0 Å². The van der Waals surface area contributed by atoms with E-state index in [-0.39, 0.29) is 22.6 Å². The molecule has 0 radical (unpaired) electrons. The second kappa shape index (κ2) is 7.62. The third-order valence-corrected chi connectivity index (χ3v) is 4.39. The molecule has 0 bridgehead atoms. The van der Waals surface area contributed by atoms with Gasteiger partial charge in [0.25, 0.3) is 20.2 Å². The minimum absolute atomic E-state index is 0.0583. The number of hydrogen-bond acceptors (Lipinski definition) is 8. The molecule has 0 heterocycles. The second-order valence-corrected chi connectivity index (χ2v) is 8.83. The molecule has 10 heteroatoms. The number of rotatable bonds is 7.